The van der Waals surface area contributed by atoms with Crippen LogP contribution in [0.4, 0.5) is 0 Å². The molecule has 0 aliphatic carbocycles. The Morgan fingerprint density at radius 3 is 2.81 bits per heavy atom. The van der Waals surface area contributed by atoms with Crippen LogP contribution in [0.3, 0.4) is 0 Å². The summed E-state index contributed by atoms with van der Waals surface area (Å²) < 4.78 is 10.9. The number of nitrogens with zero attached hydrogens (tertiary/aromatic N) is 2. The number of nitrogens with one attached hydrogen (secondary N) is 1. The van der Waals surface area contributed by atoms with Gasteiger partial charge in [-0.3, -0.25) is 4.79 Å². The molecule has 0 spiro atoms. The standard InChI is InChI=1S/C19H17N3O5/c1-2-26-17(23)12-27-14-7-5-6-13(10-14)11-20-22-18(24)15-8-3-4-9-16(15)21-19(22)25/h3-11H,2,12H2,1H3,(H,21,25). The average molecular weight is 367 g/mol. The smallest absolute Gasteiger partial charge is 0.349 e. The van der Waals surface area contributed by atoms with Crippen molar-refractivity contribution >= 4 is 23.1 Å². The molecule has 0 atom stereocenters. The fourth-order valence-electron chi connectivity index (χ4n) is 2.41. The van der Waals surface area contributed by atoms with E-state index >= 15 is 0 Å². The molecule has 8 nitrogen and oxygen atoms in total. The number of ether oxygens (including phenoxy) is 2. The van der Waals surface area contributed by atoms with Crippen LogP contribution in [0.2, 0.25) is 0 Å². The highest BCUT2D eigenvalue weighted by molar-refractivity contribution is 5.81. The molecule has 1 heterocycles. The van der Waals surface area contributed by atoms with Crippen LogP contribution in [0, 0.1) is 0 Å². The molecule has 8 heteroatoms. The minimum absolute atomic E-state index is 0.210. The quantitative estimate of drug-likeness (QED) is 0.525. The van der Waals surface area contributed by atoms with Gasteiger partial charge in [0.2, 0.25) is 0 Å². The number of H-pyrrole nitrogens is 1. The van der Waals surface area contributed by atoms with E-state index in [1.807, 2.05) is 0 Å². The van der Waals surface area contributed by atoms with Crippen LogP contribution in [0.15, 0.2) is 63.2 Å². The highest BCUT2D eigenvalue weighted by Gasteiger charge is 2.06. The second-order valence-electron chi connectivity index (χ2n) is 5.50. The summed E-state index contributed by atoms with van der Waals surface area (Å²) in [6, 6.07) is 13.4. The molecule has 0 fully saturated rings. The molecule has 0 aliphatic rings. The van der Waals surface area contributed by atoms with Gasteiger partial charge in [-0.25, -0.2) is 9.59 Å². The molecule has 138 valence electrons. The Morgan fingerprint density at radius 1 is 1.19 bits per heavy atom. The number of hydrogen-bond donors (Lipinski definition) is 1. The van der Waals surface area contributed by atoms with E-state index in [2.05, 4.69) is 10.1 Å². The first-order valence-corrected chi connectivity index (χ1v) is 8.25. The summed E-state index contributed by atoms with van der Waals surface area (Å²) in [6.07, 6.45) is 1.36. The van der Waals surface area contributed by atoms with Crippen LogP contribution < -0.4 is 16.0 Å². The van der Waals surface area contributed by atoms with Gasteiger partial charge >= 0.3 is 11.7 Å². The monoisotopic (exact) mass is 367 g/mol. The van der Waals surface area contributed by atoms with E-state index in [0.29, 0.717) is 22.2 Å². The molecular formula is C19H17N3O5. The minimum Gasteiger partial charge on any atom is -0.482 e. The predicted molar refractivity (Wildman–Crippen MR) is 100 cm³/mol. The van der Waals surface area contributed by atoms with Crippen molar-refractivity contribution in [3.05, 3.63) is 74.9 Å². The van der Waals surface area contributed by atoms with E-state index in [1.54, 1.807) is 55.5 Å². The first-order chi connectivity index (χ1) is 13.1. The fraction of sp³-hybridized carbons (Fsp3) is 0.158. The van der Waals surface area contributed by atoms with Crippen LogP contribution >= 0.6 is 0 Å². The van der Waals surface area contributed by atoms with E-state index in [0.717, 1.165) is 4.68 Å². The van der Waals surface area contributed by atoms with Crippen LogP contribution in [0.1, 0.15) is 12.5 Å². The van der Waals surface area contributed by atoms with Gasteiger partial charge in [-0.1, -0.05) is 24.3 Å². The lowest BCUT2D eigenvalue weighted by Gasteiger charge is -2.06. The molecule has 1 N–H and O–H groups in total. The largest absolute Gasteiger partial charge is 0.482 e. The van der Waals surface area contributed by atoms with E-state index in [4.69, 9.17) is 9.47 Å². The van der Waals surface area contributed by atoms with Crippen LogP contribution in [-0.2, 0) is 9.53 Å². The summed E-state index contributed by atoms with van der Waals surface area (Å²) in [6.45, 7) is 1.79. The molecule has 27 heavy (non-hydrogen) atoms. The van der Waals surface area contributed by atoms with Crippen molar-refractivity contribution in [3.8, 4) is 5.75 Å². The zero-order valence-electron chi connectivity index (χ0n) is 14.5. The van der Waals surface area contributed by atoms with E-state index < -0.39 is 17.2 Å². The predicted octanol–water partition coefficient (Wildman–Crippen LogP) is 1.51. The summed E-state index contributed by atoms with van der Waals surface area (Å²) in [5.74, 6) is -0.0300. The molecule has 0 unspecified atom stereocenters. The number of aromatic nitrogens is 2. The molecule has 0 saturated carbocycles. The van der Waals surface area contributed by atoms with E-state index in [-0.39, 0.29) is 13.2 Å². The Balaban J connectivity index is 1.83. The molecule has 0 bridgehead atoms. The van der Waals surface area contributed by atoms with Crippen molar-refractivity contribution in [1.29, 1.82) is 0 Å². The number of fused-ring (bicyclic) bond motifs is 1. The Kier molecular flexibility index (Phi) is 5.46. The Bertz CT molecular complexity index is 1110. The van der Waals surface area contributed by atoms with Crippen molar-refractivity contribution in [3.63, 3.8) is 0 Å². The SMILES string of the molecule is CCOC(=O)COc1cccc(C=Nn2c(=O)[nH]c3ccccc3c2=O)c1. The summed E-state index contributed by atoms with van der Waals surface area (Å²) in [7, 11) is 0. The Hall–Kier alpha value is -3.68. The Morgan fingerprint density at radius 2 is 2.00 bits per heavy atom. The second kappa shape index (κ2) is 8.13. The average Bonchev–Trinajstić information content (AvgIpc) is 2.67. The maximum Gasteiger partial charge on any atom is 0.349 e. The van der Waals surface area contributed by atoms with Gasteiger partial charge in [-0.15, -0.1) is 4.68 Å². The third-order valence-electron chi connectivity index (χ3n) is 3.63. The Labute approximate surface area is 153 Å². The number of aromatic amines is 1. The van der Waals surface area contributed by atoms with E-state index in [9.17, 15) is 14.4 Å². The van der Waals surface area contributed by atoms with Gasteiger partial charge in [0.15, 0.2) is 6.61 Å². The lowest BCUT2D eigenvalue weighted by Crippen LogP contribution is -2.32. The van der Waals surface area contributed by atoms with Gasteiger partial charge < -0.3 is 14.5 Å². The molecule has 0 saturated heterocycles. The maximum atomic E-state index is 12.4. The highest BCUT2D eigenvalue weighted by Crippen LogP contribution is 2.12. The summed E-state index contributed by atoms with van der Waals surface area (Å²) in [4.78, 5) is 38.5. The van der Waals surface area contributed by atoms with Crippen molar-refractivity contribution < 1.29 is 14.3 Å². The van der Waals surface area contributed by atoms with Crippen molar-refractivity contribution in [2.75, 3.05) is 13.2 Å². The molecule has 2 aromatic carbocycles. The molecule has 0 amide bonds. The lowest BCUT2D eigenvalue weighted by molar-refractivity contribution is -0.145. The molecular weight excluding hydrogens is 350 g/mol. The normalized spacial score (nSPS) is 11.0. The molecule has 0 aliphatic heterocycles. The number of hydrogen-bond acceptors (Lipinski definition) is 6. The van der Waals surface area contributed by atoms with Crippen molar-refractivity contribution in [2.24, 2.45) is 5.10 Å². The maximum absolute atomic E-state index is 12.4. The zero-order chi connectivity index (χ0) is 19.2. The third kappa shape index (κ3) is 4.30. The zero-order valence-corrected chi connectivity index (χ0v) is 14.5. The van der Waals surface area contributed by atoms with Crippen LogP contribution in [0.25, 0.3) is 10.9 Å². The lowest BCUT2D eigenvalue weighted by atomic mass is 10.2. The molecule has 3 rings (SSSR count). The van der Waals surface area contributed by atoms with Gasteiger partial charge in [-0.2, -0.15) is 5.10 Å². The molecule has 3 aromatic rings. The minimum atomic E-state index is -0.635. The molecule has 0 radical (unpaired) electrons. The number of rotatable bonds is 6. The number of esters is 1. The first-order valence-electron chi connectivity index (χ1n) is 8.25. The highest BCUT2D eigenvalue weighted by atomic mass is 16.6. The van der Waals surface area contributed by atoms with E-state index in [1.165, 1.54) is 6.21 Å². The number of carbonyl (C=O) groups excluding carboxylic acids is 1. The topological polar surface area (TPSA) is 103 Å². The van der Waals surface area contributed by atoms with Gasteiger partial charge in [0.05, 0.1) is 23.7 Å². The summed E-state index contributed by atoms with van der Waals surface area (Å²) in [5.41, 5.74) is -0.103. The van der Waals surface area contributed by atoms with Gasteiger partial charge in [0.1, 0.15) is 5.75 Å². The summed E-state index contributed by atoms with van der Waals surface area (Å²) in [5, 5.41) is 4.34. The molecule has 1 aromatic heterocycles. The van der Waals surface area contributed by atoms with Gasteiger partial charge in [0, 0.05) is 0 Å². The van der Waals surface area contributed by atoms with Gasteiger partial charge in [0.25, 0.3) is 5.56 Å². The van der Waals surface area contributed by atoms with Gasteiger partial charge in [-0.05, 0) is 36.8 Å². The van der Waals surface area contributed by atoms with Crippen LogP contribution in [-0.4, -0.2) is 35.1 Å². The summed E-state index contributed by atoms with van der Waals surface area (Å²) >= 11 is 0. The van der Waals surface area contributed by atoms with Crippen molar-refractivity contribution in [1.82, 2.24) is 9.66 Å². The van der Waals surface area contributed by atoms with Crippen molar-refractivity contribution in [2.45, 2.75) is 6.92 Å². The second-order valence-corrected chi connectivity index (χ2v) is 5.50. The third-order valence-corrected chi connectivity index (χ3v) is 3.63. The number of para-hydroxylation sites is 1. The number of benzene rings is 2. The number of carbonyl (C=O) groups is 1. The fourth-order valence-corrected chi connectivity index (χ4v) is 2.41. The first kappa shape index (κ1) is 18.1. The van der Waals surface area contributed by atoms with Crippen LogP contribution in [0.5, 0.6) is 5.75 Å².